The summed E-state index contributed by atoms with van der Waals surface area (Å²) in [6.45, 7) is 2.82. The topological polar surface area (TPSA) is 106 Å². The average Bonchev–Trinajstić information content (AvgIpc) is 3.28. The highest BCUT2D eigenvalue weighted by Gasteiger charge is 2.53. The van der Waals surface area contributed by atoms with E-state index < -0.39 is 53.3 Å². The van der Waals surface area contributed by atoms with Crippen LogP contribution in [0.2, 0.25) is 5.02 Å². The molecule has 0 bridgehead atoms. The normalized spacial score (nSPS) is 28.9. The molecular weight excluding hydrogens is 463 g/mol. The van der Waals surface area contributed by atoms with Crippen molar-refractivity contribution in [3.63, 3.8) is 0 Å². The molecule has 0 aliphatic carbocycles. The van der Waals surface area contributed by atoms with E-state index in [9.17, 15) is 28.1 Å². The molecule has 13 heteroatoms. The molecule has 174 valence electrons. The maximum atomic E-state index is 13.7. The number of alkyl halides is 3. The van der Waals surface area contributed by atoms with Gasteiger partial charge in [-0.15, -0.1) is 10.1 Å². The van der Waals surface area contributed by atoms with Gasteiger partial charge in [0.1, 0.15) is 18.0 Å². The van der Waals surface area contributed by atoms with E-state index in [1.807, 2.05) is 0 Å². The maximum Gasteiger partial charge on any atom is 0.430 e. The molecule has 0 spiro atoms. The van der Waals surface area contributed by atoms with E-state index in [-0.39, 0.29) is 24.5 Å². The fourth-order valence-electron chi connectivity index (χ4n) is 3.98. The number of fused-ring (bicyclic) bond motifs is 2. The molecule has 0 aromatic heterocycles. The molecule has 5 atom stereocenters. The van der Waals surface area contributed by atoms with Crippen LogP contribution >= 0.6 is 11.6 Å². The van der Waals surface area contributed by atoms with Crippen molar-refractivity contribution in [1.82, 2.24) is 0 Å². The van der Waals surface area contributed by atoms with Gasteiger partial charge in [0.2, 0.25) is 6.10 Å². The predicted molar refractivity (Wildman–Crippen MR) is 101 cm³/mol. The zero-order valence-electron chi connectivity index (χ0n) is 16.7. The maximum absolute atomic E-state index is 13.7. The average molecular weight is 480 g/mol. The lowest BCUT2D eigenvalue weighted by atomic mass is 9.96. The molecule has 3 heterocycles. The lowest BCUT2D eigenvalue weighted by Crippen LogP contribution is -2.42. The number of aryl methyl sites for hydroxylation is 1. The Morgan fingerprint density at radius 3 is 2.47 bits per heavy atom. The van der Waals surface area contributed by atoms with Crippen molar-refractivity contribution in [1.29, 1.82) is 0 Å². The second-order valence-electron chi connectivity index (χ2n) is 7.59. The molecule has 0 N–H and O–H groups in total. The zero-order chi connectivity index (χ0) is 23.4. The van der Waals surface area contributed by atoms with Crippen LogP contribution in [0.4, 0.5) is 13.2 Å². The Kier molecular flexibility index (Phi) is 5.72. The fraction of sp³-hybridized carbons (Fsp3) is 0.526. The number of esters is 1. The number of hydrogen-bond donors (Lipinski definition) is 0. The molecule has 0 amide bonds. The minimum Gasteiger partial charge on any atom is -0.475 e. The van der Waals surface area contributed by atoms with E-state index in [0.29, 0.717) is 16.1 Å². The summed E-state index contributed by atoms with van der Waals surface area (Å²) in [4.78, 5) is 27.8. The SMILES string of the molecule is Cc1cc2c(c(C)c1Cl)C=C(C(=O)OC1COC3C(O[N+](=O)[O-])COC13)C(C(F)(F)F)O2. The first-order valence-corrected chi connectivity index (χ1v) is 9.85. The number of benzene rings is 1. The van der Waals surface area contributed by atoms with Gasteiger partial charge in [-0.1, -0.05) is 11.6 Å². The lowest BCUT2D eigenvalue weighted by Gasteiger charge is -2.30. The Labute approximate surface area is 184 Å². The number of halogens is 4. The van der Waals surface area contributed by atoms with Crippen molar-refractivity contribution in [3.05, 3.63) is 43.5 Å². The standard InChI is InChI=1S/C19H17ClF3NO8/c1-7-3-11-9(8(2)14(7)20)4-10(17(30-11)19(21,22)23)18(25)31-12-5-28-16-13(32-24(26)27)6-29-15(12)16/h3-4,12-13,15-17H,5-6H2,1-2H3. The summed E-state index contributed by atoms with van der Waals surface area (Å²) in [5.74, 6) is -1.32. The van der Waals surface area contributed by atoms with Crippen molar-refractivity contribution >= 4 is 23.6 Å². The van der Waals surface area contributed by atoms with E-state index in [1.54, 1.807) is 13.8 Å². The molecule has 9 nitrogen and oxygen atoms in total. The third-order valence-electron chi connectivity index (χ3n) is 5.50. The summed E-state index contributed by atoms with van der Waals surface area (Å²) in [6.07, 6.45) is -10.3. The third kappa shape index (κ3) is 3.97. The Bertz CT molecular complexity index is 998. The molecule has 3 aliphatic heterocycles. The van der Waals surface area contributed by atoms with Crippen LogP contribution < -0.4 is 4.74 Å². The molecule has 0 saturated carbocycles. The summed E-state index contributed by atoms with van der Waals surface area (Å²) < 4.78 is 62.2. The van der Waals surface area contributed by atoms with Gasteiger partial charge in [-0.05, 0) is 37.1 Å². The zero-order valence-corrected chi connectivity index (χ0v) is 17.4. The molecule has 1 aromatic carbocycles. The molecule has 2 fully saturated rings. The summed E-state index contributed by atoms with van der Waals surface area (Å²) in [6, 6.07) is 1.37. The van der Waals surface area contributed by atoms with E-state index in [0.717, 1.165) is 6.08 Å². The summed E-state index contributed by atoms with van der Waals surface area (Å²) in [5.41, 5.74) is 0.468. The van der Waals surface area contributed by atoms with Crippen LogP contribution in [0.15, 0.2) is 11.6 Å². The number of rotatable bonds is 4. The van der Waals surface area contributed by atoms with Crippen molar-refractivity contribution in [2.24, 2.45) is 0 Å². The Morgan fingerprint density at radius 1 is 1.22 bits per heavy atom. The van der Waals surface area contributed by atoms with Crippen molar-refractivity contribution in [3.8, 4) is 5.75 Å². The first-order valence-electron chi connectivity index (χ1n) is 9.47. The molecular formula is C19H17ClF3NO8. The Balaban J connectivity index is 1.59. The smallest absolute Gasteiger partial charge is 0.430 e. The van der Waals surface area contributed by atoms with Crippen LogP contribution in [0.25, 0.3) is 6.08 Å². The molecule has 5 unspecified atom stereocenters. The highest BCUT2D eigenvalue weighted by molar-refractivity contribution is 6.32. The molecule has 3 aliphatic rings. The second kappa shape index (κ2) is 8.09. The first kappa shape index (κ1) is 22.6. The van der Waals surface area contributed by atoms with E-state index >= 15 is 0 Å². The fourth-order valence-corrected chi connectivity index (χ4v) is 4.14. The summed E-state index contributed by atoms with van der Waals surface area (Å²) in [7, 11) is 0. The molecule has 4 rings (SSSR count). The summed E-state index contributed by atoms with van der Waals surface area (Å²) >= 11 is 6.20. The van der Waals surface area contributed by atoms with Gasteiger partial charge < -0.3 is 23.8 Å². The largest absolute Gasteiger partial charge is 0.475 e. The van der Waals surface area contributed by atoms with Crippen LogP contribution in [0.1, 0.15) is 16.7 Å². The molecule has 2 saturated heterocycles. The third-order valence-corrected chi connectivity index (χ3v) is 6.08. The van der Waals surface area contributed by atoms with Gasteiger partial charge in [-0.25, -0.2) is 4.79 Å². The number of nitrogens with zero attached hydrogens (tertiary/aromatic N) is 1. The van der Waals surface area contributed by atoms with E-state index in [2.05, 4.69) is 4.84 Å². The van der Waals surface area contributed by atoms with Crippen LogP contribution in [0.3, 0.4) is 0 Å². The van der Waals surface area contributed by atoms with Gasteiger partial charge in [0.15, 0.2) is 12.2 Å². The van der Waals surface area contributed by atoms with Crippen molar-refractivity contribution in [2.45, 2.75) is 50.5 Å². The van der Waals surface area contributed by atoms with Gasteiger partial charge in [-0.2, -0.15) is 13.2 Å². The minimum atomic E-state index is -4.90. The van der Waals surface area contributed by atoms with Crippen LogP contribution in [0.5, 0.6) is 5.75 Å². The second-order valence-corrected chi connectivity index (χ2v) is 7.97. The number of carbonyl (C=O) groups excluding carboxylic acids is 1. The van der Waals surface area contributed by atoms with Gasteiger partial charge in [0.25, 0.3) is 5.09 Å². The van der Waals surface area contributed by atoms with Crippen LogP contribution in [0, 0.1) is 24.0 Å². The van der Waals surface area contributed by atoms with Gasteiger partial charge in [0, 0.05) is 10.6 Å². The number of ether oxygens (including phenoxy) is 4. The Hall–Kier alpha value is -2.57. The van der Waals surface area contributed by atoms with Crippen molar-refractivity contribution < 1.29 is 46.8 Å². The quantitative estimate of drug-likeness (QED) is 0.368. The summed E-state index contributed by atoms with van der Waals surface area (Å²) in [5, 5.41) is 9.90. The molecule has 32 heavy (non-hydrogen) atoms. The minimum absolute atomic E-state index is 0.0496. The van der Waals surface area contributed by atoms with Gasteiger partial charge >= 0.3 is 12.1 Å². The van der Waals surface area contributed by atoms with Crippen LogP contribution in [-0.2, 0) is 23.8 Å². The van der Waals surface area contributed by atoms with Crippen LogP contribution in [-0.4, -0.2) is 61.0 Å². The highest BCUT2D eigenvalue weighted by Crippen LogP contribution is 2.42. The molecule has 1 aromatic rings. The van der Waals surface area contributed by atoms with E-state index in [1.165, 1.54) is 6.07 Å². The first-order chi connectivity index (χ1) is 15.0. The highest BCUT2D eigenvalue weighted by atomic mass is 35.5. The number of carbonyl (C=O) groups is 1. The van der Waals surface area contributed by atoms with Gasteiger partial charge in [-0.3, -0.25) is 0 Å². The van der Waals surface area contributed by atoms with E-state index in [4.69, 9.17) is 30.5 Å². The lowest BCUT2D eigenvalue weighted by molar-refractivity contribution is -0.769. The molecule has 0 radical (unpaired) electrons. The van der Waals surface area contributed by atoms with Crippen molar-refractivity contribution in [2.75, 3.05) is 13.2 Å². The van der Waals surface area contributed by atoms with Gasteiger partial charge in [0.05, 0.1) is 18.8 Å². The Morgan fingerprint density at radius 2 is 1.84 bits per heavy atom. The monoisotopic (exact) mass is 479 g/mol. The predicted octanol–water partition coefficient (Wildman–Crippen LogP) is 2.95. The number of hydrogen-bond acceptors (Lipinski definition) is 8.